The number of nitro groups is 1. The maximum Gasteiger partial charge on any atom is 0.283 e. The Hall–Kier alpha value is -4.30. The molecule has 1 amide bonds. The average molecular weight is 672 g/mol. The lowest BCUT2D eigenvalue weighted by atomic mass is 10.2. The predicted octanol–water partition coefficient (Wildman–Crippen LogP) is 8.52. The fraction of sp³-hybridized carbons (Fsp3) is 0.125. The number of hydrogen-bond donors (Lipinski definition) is 1. The van der Waals surface area contributed by atoms with Crippen molar-refractivity contribution in [3.05, 3.63) is 106 Å². The molecule has 0 aliphatic heterocycles. The van der Waals surface area contributed by atoms with Crippen molar-refractivity contribution in [3.8, 4) is 5.75 Å². The molecule has 6 rings (SSSR count). The van der Waals surface area contributed by atoms with Crippen molar-refractivity contribution < 1.29 is 14.5 Å². The first kappa shape index (κ1) is 30.7. The normalized spacial score (nSPS) is 11.4. The number of thiazole rings is 2. The van der Waals surface area contributed by atoms with Crippen LogP contribution < -0.4 is 10.1 Å². The molecule has 2 heterocycles. The molecule has 0 saturated carbocycles. The zero-order chi connectivity index (χ0) is 31.2. The lowest BCUT2D eigenvalue weighted by Gasteiger charge is -2.03. The summed E-state index contributed by atoms with van der Waals surface area (Å²) in [4.78, 5) is 38.2. The number of nitrogens with zero attached hydrogens (tertiary/aromatic N) is 4. The predicted molar refractivity (Wildman–Crippen MR) is 184 cm³/mol. The molecule has 6 aromatic rings. The number of aromatic nitrogens is 2. The minimum Gasteiger partial charge on any atom is -0.494 e. The number of ether oxygens (including phenoxy) is 1. The van der Waals surface area contributed by atoms with Gasteiger partial charge in [-0.1, -0.05) is 59.9 Å². The molecule has 2 aromatic heterocycles. The number of aliphatic imine (C=N–C) groups is 1. The summed E-state index contributed by atoms with van der Waals surface area (Å²) in [6, 6.07) is 26.2. The number of rotatable bonds is 12. The molecule has 13 heteroatoms. The Kier molecular flexibility index (Phi) is 9.69. The number of hydrogen-bond acceptors (Lipinski definition) is 11. The largest absolute Gasteiger partial charge is 0.494 e. The zero-order valence-electron chi connectivity index (χ0n) is 23.8. The van der Waals surface area contributed by atoms with Crippen LogP contribution in [0.3, 0.4) is 0 Å². The fourth-order valence-electron chi connectivity index (χ4n) is 4.28. The summed E-state index contributed by atoms with van der Waals surface area (Å²) in [6.45, 7) is 3.00. The molecule has 1 N–H and O–H groups in total. The van der Waals surface area contributed by atoms with Gasteiger partial charge in [0.25, 0.3) is 5.69 Å². The number of fused-ring (bicyclic) bond motifs is 2. The van der Waals surface area contributed by atoms with E-state index in [1.54, 1.807) is 12.3 Å². The van der Waals surface area contributed by atoms with Crippen LogP contribution in [-0.4, -0.2) is 39.4 Å². The number of amides is 1. The van der Waals surface area contributed by atoms with Gasteiger partial charge in [0, 0.05) is 18.8 Å². The molecule has 0 bridgehead atoms. The Balaban J connectivity index is 1.10. The van der Waals surface area contributed by atoms with Gasteiger partial charge in [-0.3, -0.25) is 19.9 Å². The third kappa shape index (κ3) is 7.87. The van der Waals surface area contributed by atoms with E-state index in [0.717, 1.165) is 36.1 Å². The Morgan fingerprint density at radius 3 is 2.53 bits per heavy atom. The number of thioether (sulfide) groups is 1. The van der Waals surface area contributed by atoms with Crippen molar-refractivity contribution >= 4 is 90.1 Å². The molecular weight excluding hydrogens is 647 g/mol. The Bertz CT molecular complexity index is 2030. The Morgan fingerprint density at radius 1 is 0.978 bits per heavy atom. The molecular formula is C32H25N5O4S4. The molecule has 0 radical (unpaired) electrons. The van der Waals surface area contributed by atoms with Gasteiger partial charge in [0.1, 0.15) is 5.75 Å². The number of carbonyl (C=O) groups is 1. The van der Waals surface area contributed by atoms with Gasteiger partial charge in [-0.25, -0.2) is 9.97 Å². The molecule has 9 nitrogen and oxygen atoms in total. The molecule has 0 aliphatic carbocycles. The van der Waals surface area contributed by atoms with Crippen LogP contribution in [-0.2, 0) is 11.3 Å². The quantitative estimate of drug-likeness (QED) is 0.0595. The number of nitro benzene ring substituents is 1. The van der Waals surface area contributed by atoms with Gasteiger partial charge in [0.2, 0.25) is 5.91 Å². The Labute approximate surface area is 274 Å². The zero-order valence-corrected chi connectivity index (χ0v) is 27.1. The molecule has 0 aliphatic rings. The average Bonchev–Trinajstić information content (AvgIpc) is 3.65. The van der Waals surface area contributed by atoms with Crippen molar-refractivity contribution in [3.63, 3.8) is 0 Å². The third-order valence-corrected chi connectivity index (χ3v) is 10.7. The highest BCUT2D eigenvalue weighted by Crippen LogP contribution is 2.40. The third-order valence-electron chi connectivity index (χ3n) is 6.40. The van der Waals surface area contributed by atoms with Crippen LogP contribution in [0.4, 0.5) is 11.4 Å². The van der Waals surface area contributed by atoms with Crippen LogP contribution in [0, 0.1) is 10.1 Å². The van der Waals surface area contributed by atoms with Crippen LogP contribution in [0.15, 0.2) is 103 Å². The molecule has 0 saturated heterocycles. The highest BCUT2D eigenvalue weighted by molar-refractivity contribution is 8.01. The van der Waals surface area contributed by atoms with Crippen molar-refractivity contribution in [1.82, 2.24) is 15.3 Å². The molecule has 4 aromatic carbocycles. The molecule has 0 fully saturated rings. The van der Waals surface area contributed by atoms with E-state index in [-0.39, 0.29) is 22.3 Å². The van der Waals surface area contributed by atoms with Crippen LogP contribution in [0.1, 0.15) is 18.1 Å². The number of benzene rings is 4. The van der Waals surface area contributed by atoms with Crippen molar-refractivity contribution in [2.45, 2.75) is 27.0 Å². The van der Waals surface area contributed by atoms with Crippen LogP contribution >= 0.6 is 46.2 Å². The second-order valence-corrected chi connectivity index (χ2v) is 14.1. The maximum atomic E-state index is 12.3. The minimum absolute atomic E-state index is 0.00871. The van der Waals surface area contributed by atoms with E-state index in [2.05, 4.69) is 20.3 Å². The van der Waals surface area contributed by atoms with E-state index in [9.17, 15) is 14.9 Å². The molecule has 0 atom stereocenters. The minimum atomic E-state index is -0.384. The molecule has 0 unspecified atom stereocenters. The highest BCUT2D eigenvalue weighted by atomic mass is 32.2. The summed E-state index contributed by atoms with van der Waals surface area (Å²) >= 11 is 5.63. The van der Waals surface area contributed by atoms with Crippen LogP contribution in [0.25, 0.3) is 20.4 Å². The van der Waals surface area contributed by atoms with Gasteiger partial charge >= 0.3 is 0 Å². The summed E-state index contributed by atoms with van der Waals surface area (Å²) < 4.78 is 8.99. The first-order valence-corrected chi connectivity index (χ1v) is 17.2. The van der Waals surface area contributed by atoms with Crippen molar-refractivity contribution in [2.24, 2.45) is 4.99 Å². The van der Waals surface area contributed by atoms with E-state index in [4.69, 9.17) is 4.74 Å². The Morgan fingerprint density at radius 2 is 1.73 bits per heavy atom. The number of nitrogens with one attached hydrogen (secondary N) is 1. The second-order valence-electron chi connectivity index (χ2n) is 9.57. The summed E-state index contributed by atoms with van der Waals surface area (Å²) in [5, 5.41) is 14.9. The van der Waals surface area contributed by atoms with E-state index in [1.165, 1.54) is 52.3 Å². The molecule has 226 valence electrons. The fourth-order valence-corrected chi connectivity index (χ4v) is 8.35. The monoisotopic (exact) mass is 671 g/mol. The summed E-state index contributed by atoms with van der Waals surface area (Å²) in [6.07, 6.45) is 1.61. The smallest absolute Gasteiger partial charge is 0.283 e. The van der Waals surface area contributed by atoms with Crippen molar-refractivity contribution in [2.75, 3.05) is 12.4 Å². The maximum absolute atomic E-state index is 12.3. The van der Waals surface area contributed by atoms with Crippen LogP contribution in [0.5, 0.6) is 5.75 Å². The van der Waals surface area contributed by atoms with E-state index < -0.39 is 0 Å². The second kappa shape index (κ2) is 14.2. The van der Waals surface area contributed by atoms with E-state index in [1.807, 2.05) is 79.7 Å². The standard InChI is InChI=1S/C32H25N5O4S4/c1-2-41-23-10-12-25-29(16-23)45-32(36-25)43-27-13-8-21(14-26(27)37(39)40)18-33-22-9-11-24-28(15-22)44-31(35-24)42-19-30(38)34-17-20-6-4-3-5-7-20/h3-16,18H,2,17,19H2,1H3,(H,34,38). The topological polar surface area (TPSA) is 120 Å². The van der Waals surface area contributed by atoms with Gasteiger partial charge in [-0.2, -0.15) is 0 Å². The lowest BCUT2D eigenvalue weighted by molar-refractivity contribution is -0.387. The van der Waals surface area contributed by atoms with Gasteiger partial charge in [0.05, 0.1) is 48.3 Å². The lowest BCUT2D eigenvalue weighted by Crippen LogP contribution is -2.24. The molecule has 0 spiro atoms. The van der Waals surface area contributed by atoms with Gasteiger partial charge in [0.15, 0.2) is 8.68 Å². The molecule has 45 heavy (non-hydrogen) atoms. The summed E-state index contributed by atoms with van der Waals surface area (Å²) in [7, 11) is 0. The van der Waals surface area contributed by atoms with E-state index in [0.29, 0.717) is 33.6 Å². The van der Waals surface area contributed by atoms with Gasteiger partial charge < -0.3 is 10.1 Å². The van der Waals surface area contributed by atoms with Crippen LogP contribution in [0.2, 0.25) is 0 Å². The van der Waals surface area contributed by atoms with E-state index >= 15 is 0 Å². The summed E-state index contributed by atoms with van der Waals surface area (Å²) in [5.74, 6) is 0.995. The van der Waals surface area contributed by atoms with Gasteiger partial charge in [-0.05, 0) is 60.5 Å². The first-order valence-electron chi connectivity index (χ1n) is 13.8. The highest BCUT2D eigenvalue weighted by Gasteiger charge is 2.18. The number of carbonyl (C=O) groups excluding carboxylic acids is 1. The summed E-state index contributed by atoms with van der Waals surface area (Å²) in [5.41, 5.74) is 4.00. The van der Waals surface area contributed by atoms with Gasteiger partial charge in [-0.15, -0.1) is 22.7 Å². The van der Waals surface area contributed by atoms with Crippen molar-refractivity contribution in [1.29, 1.82) is 0 Å². The first-order chi connectivity index (χ1) is 21.9. The SMILES string of the molecule is CCOc1ccc2nc(Sc3ccc(C=Nc4ccc5nc(SCC(=O)NCc6ccccc6)sc5c4)cc3[N+](=O)[O-])sc2c1.